The third kappa shape index (κ3) is 3.27. The van der Waals surface area contributed by atoms with E-state index in [4.69, 9.17) is 4.98 Å². The van der Waals surface area contributed by atoms with Crippen molar-refractivity contribution in [3.05, 3.63) is 54.1 Å². The van der Waals surface area contributed by atoms with Gasteiger partial charge in [-0.25, -0.2) is 13.6 Å². The zero-order valence-electron chi connectivity index (χ0n) is 17.1. The van der Waals surface area contributed by atoms with Gasteiger partial charge in [-0.15, -0.1) is 0 Å². The first-order valence-corrected chi connectivity index (χ1v) is 12.1. The summed E-state index contributed by atoms with van der Waals surface area (Å²) >= 11 is 0. The van der Waals surface area contributed by atoms with E-state index in [1.165, 1.54) is 12.1 Å². The molecule has 1 aliphatic carbocycles. The van der Waals surface area contributed by atoms with E-state index < -0.39 is 9.73 Å². The van der Waals surface area contributed by atoms with Crippen molar-refractivity contribution >= 4 is 37.2 Å². The van der Waals surface area contributed by atoms with E-state index in [0.29, 0.717) is 5.82 Å². The van der Waals surface area contributed by atoms with Crippen LogP contribution in [0.25, 0.3) is 32.8 Å². The summed E-state index contributed by atoms with van der Waals surface area (Å²) < 4.78 is 31.5. The molecule has 0 radical (unpaired) electrons. The molecule has 0 aliphatic heterocycles. The summed E-state index contributed by atoms with van der Waals surface area (Å²) in [5, 5.41) is 10.1. The first kappa shape index (κ1) is 19.2. The van der Waals surface area contributed by atoms with Crippen LogP contribution < -0.4 is 0 Å². The summed E-state index contributed by atoms with van der Waals surface area (Å²) in [4.78, 5) is 4.91. The van der Waals surface area contributed by atoms with E-state index in [1.807, 2.05) is 6.07 Å². The largest absolute Gasteiger partial charge is 0.278 e. The highest BCUT2D eigenvalue weighted by atomic mass is 32.2. The molecule has 0 saturated heterocycles. The number of benzene rings is 2. The molecule has 154 valence electrons. The first-order chi connectivity index (χ1) is 14.3. The summed E-state index contributed by atoms with van der Waals surface area (Å²) in [6.45, 7) is 4.15. The number of nitrogens with one attached hydrogen (secondary N) is 1. The number of H-pyrrole nitrogens is 1. The molecule has 0 spiro atoms. The van der Waals surface area contributed by atoms with E-state index in [1.54, 1.807) is 24.6 Å². The van der Waals surface area contributed by atoms with E-state index in [-0.39, 0.29) is 17.0 Å². The van der Waals surface area contributed by atoms with Gasteiger partial charge in [0.2, 0.25) is 0 Å². The minimum absolute atomic E-state index is 0.109. The van der Waals surface area contributed by atoms with Gasteiger partial charge in [-0.1, -0.05) is 26.0 Å². The van der Waals surface area contributed by atoms with Gasteiger partial charge in [0.1, 0.15) is 5.82 Å². The monoisotopic (exact) mass is 422 g/mol. The molecule has 0 amide bonds. The minimum atomic E-state index is -2.36. The van der Waals surface area contributed by atoms with Crippen LogP contribution in [-0.2, 0) is 9.73 Å². The van der Waals surface area contributed by atoms with Crippen molar-refractivity contribution in [2.75, 3.05) is 6.26 Å². The zero-order valence-corrected chi connectivity index (χ0v) is 18.0. The van der Waals surface area contributed by atoms with Gasteiger partial charge >= 0.3 is 0 Å². The summed E-state index contributed by atoms with van der Waals surface area (Å²) in [6.07, 6.45) is 5.41. The second-order valence-electron chi connectivity index (χ2n) is 8.36. The molecular weight excluding hydrogens is 399 g/mol. The standard InChI is InChI=1S/C23H23FN4OS/c1-13(2)22-21(14-4-6-16(24)7-5-14)18-10-15-12-25-27-20(15)11-19(18)23(26-22)28-30(3,29)17-8-9-17/h4-7,10-13,17H,8-9H2,1-3H3,(H,25,27). The maximum atomic E-state index is 13.6. The Morgan fingerprint density at radius 2 is 1.90 bits per heavy atom. The number of aromatic amines is 1. The fourth-order valence-corrected chi connectivity index (χ4v) is 5.55. The Hall–Kier alpha value is -2.80. The third-order valence-corrected chi connectivity index (χ3v) is 7.91. The lowest BCUT2D eigenvalue weighted by atomic mass is 9.92. The van der Waals surface area contributed by atoms with Gasteiger partial charge in [0.25, 0.3) is 0 Å². The molecule has 30 heavy (non-hydrogen) atoms. The highest BCUT2D eigenvalue weighted by Gasteiger charge is 2.31. The van der Waals surface area contributed by atoms with E-state index in [0.717, 1.165) is 51.3 Å². The van der Waals surface area contributed by atoms with Crippen LogP contribution in [0.5, 0.6) is 0 Å². The van der Waals surface area contributed by atoms with Crippen LogP contribution in [0.15, 0.2) is 47.0 Å². The molecular formula is C23H23FN4OS. The Kier molecular flexibility index (Phi) is 4.39. The number of nitrogens with zero attached hydrogens (tertiary/aromatic N) is 3. The lowest BCUT2D eigenvalue weighted by Crippen LogP contribution is -2.04. The molecule has 5 nitrogen and oxygen atoms in total. The van der Waals surface area contributed by atoms with Gasteiger partial charge in [-0.05, 0) is 54.0 Å². The predicted molar refractivity (Wildman–Crippen MR) is 120 cm³/mol. The second kappa shape index (κ2) is 6.87. The maximum Gasteiger partial charge on any atom is 0.169 e. The van der Waals surface area contributed by atoms with Crippen molar-refractivity contribution in [1.82, 2.24) is 15.2 Å². The Labute approximate surface area is 174 Å². The molecule has 2 aromatic carbocycles. The summed E-state index contributed by atoms with van der Waals surface area (Å²) in [5.41, 5.74) is 3.58. The average molecular weight is 423 g/mol. The van der Waals surface area contributed by atoms with Crippen molar-refractivity contribution in [3.63, 3.8) is 0 Å². The molecule has 1 aliphatic rings. The molecule has 2 aromatic heterocycles. The Bertz CT molecular complexity index is 1390. The highest BCUT2D eigenvalue weighted by molar-refractivity contribution is 7.93. The van der Waals surface area contributed by atoms with Crippen LogP contribution in [0.1, 0.15) is 38.3 Å². The van der Waals surface area contributed by atoms with E-state index >= 15 is 0 Å². The molecule has 1 atom stereocenters. The predicted octanol–water partition coefficient (Wildman–Crippen LogP) is 5.93. The fraction of sp³-hybridized carbons (Fsp3) is 0.304. The molecule has 0 bridgehead atoms. The molecule has 1 saturated carbocycles. The molecule has 7 heteroatoms. The lowest BCUT2D eigenvalue weighted by Gasteiger charge is -2.17. The molecule has 1 N–H and O–H groups in total. The molecule has 2 heterocycles. The van der Waals surface area contributed by atoms with Gasteiger partial charge in [0.05, 0.1) is 27.1 Å². The van der Waals surface area contributed by atoms with Crippen LogP contribution in [0, 0.1) is 5.82 Å². The molecule has 1 fully saturated rings. The van der Waals surface area contributed by atoms with Crippen LogP contribution >= 0.6 is 0 Å². The number of hydrogen-bond acceptors (Lipinski definition) is 4. The molecule has 5 rings (SSSR count). The van der Waals surface area contributed by atoms with Crippen molar-refractivity contribution in [1.29, 1.82) is 0 Å². The van der Waals surface area contributed by atoms with Gasteiger partial charge in [0, 0.05) is 27.8 Å². The van der Waals surface area contributed by atoms with Gasteiger partial charge in [-0.3, -0.25) is 5.10 Å². The van der Waals surface area contributed by atoms with Crippen LogP contribution in [0.3, 0.4) is 0 Å². The normalized spacial score (nSPS) is 16.3. The van der Waals surface area contributed by atoms with Crippen molar-refractivity contribution in [3.8, 4) is 11.1 Å². The minimum Gasteiger partial charge on any atom is -0.278 e. The highest BCUT2D eigenvalue weighted by Crippen LogP contribution is 2.41. The first-order valence-electron chi connectivity index (χ1n) is 10.1. The smallest absolute Gasteiger partial charge is 0.169 e. The van der Waals surface area contributed by atoms with Gasteiger partial charge < -0.3 is 0 Å². The summed E-state index contributed by atoms with van der Waals surface area (Å²) in [5.74, 6) is 0.342. The van der Waals surface area contributed by atoms with Crippen molar-refractivity contribution in [2.45, 2.75) is 37.9 Å². The quantitative estimate of drug-likeness (QED) is 0.443. The number of halogens is 1. The van der Waals surface area contributed by atoms with Crippen LogP contribution in [-0.4, -0.2) is 30.9 Å². The summed E-state index contributed by atoms with van der Waals surface area (Å²) in [6, 6.07) is 10.5. The molecule has 1 unspecified atom stereocenters. The van der Waals surface area contributed by atoms with Crippen LogP contribution in [0.4, 0.5) is 10.2 Å². The van der Waals surface area contributed by atoms with E-state index in [9.17, 15) is 8.60 Å². The maximum absolute atomic E-state index is 13.6. The zero-order chi connectivity index (χ0) is 21.0. The number of fused-ring (bicyclic) bond motifs is 2. The summed E-state index contributed by atoms with van der Waals surface area (Å²) in [7, 11) is -2.36. The van der Waals surface area contributed by atoms with Crippen molar-refractivity contribution < 1.29 is 8.60 Å². The lowest BCUT2D eigenvalue weighted by molar-refractivity contribution is 0.628. The Balaban J connectivity index is 1.91. The van der Waals surface area contributed by atoms with E-state index in [2.05, 4.69) is 34.5 Å². The number of hydrogen-bond donors (Lipinski definition) is 1. The topological polar surface area (TPSA) is 71.0 Å². The second-order valence-corrected chi connectivity index (χ2v) is 10.9. The average Bonchev–Trinajstić information content (AvgIpc) is 3.47. The van der Waals surface area contributed by atoms with Crippen molar-refractivity contribution in [2.24, 2.45) is 4.36 Å². The SMILES string of the molecule is CC(C)c1nc(N=S(C)(=O)C2CC2)c2cc3[nH]ncc3cc2c1-c1ccc(F)cc1. The Morgan fingerprint density at radius 1 is 1.17 bits per heavy atom. The van der Waals surface area contributed by atoms with Crippen LogP contribution in [0.2, 0.25) is 0 Å². The number of pyridine rings is 1. The molecule has 4 aromatic rings. The number of aromatic nitrogens is 3. The number of rotatable bonds is 4. The van der Waals surface area contributed by atoms with Gasteiger partial charge in [0.15, 0.2) is 5.82 Å². The third-order valence-electron chi connectivity index (χ3n) is 5.66. The fourth-order valence-electron chi connectivity index (χ4n) is 3.91. The Morgan fingerprint density at radius 3 is 2.57 bits per heavy atom. The van der Waals surface area contributed by atoms with Gasteiger partial charge in [-0.2, -0.15) is 9.46 Å².